The van der Waals surface area contributed by atoms with Crippen LogP contribution in [0, 0.1) is 0 Å². The third-order valence-corrected chi connectivity index (χ3v) is 2.94. The zero-order valence-corrected chi connectivity index (χ0v) is 9.87. The van der Waals surface area contributed by atoms with Crippen molar-refractivity contribution in [3.63, 3.8) is 0 Å². The number of rotatable bonds is 3. The van der Waals surface area contributed by atoms with Crippen molar-refractivity contribution in [2.45, 2.75) is 18.6 Å². The van der Waals surface area contributed by atoms with E-state index in [1.165, 1.54) is 6.07 Å². The third-order valence-electron chi connectivity index (χ3n) is 2.70. The van der Waals surface area contributed by atoms with E-state index in [9.17, 15) is 9.59 Å². The predicted octanol–water partition coefficient (Wildman–Crippen LogP) is 0.560. The Morgan fingerprint density at radius 3 is 3.06 bits per heavy atom. The number of ether oxygens (including phenoxy) is 1. The summed E-state index contributed by atoms with van der Waals surface area (Å²) in [6, 6.07) is 3.05. The average molecular weight is 257 g/mol. The first-order valence-electron chi connectivity index (χ1n) is 5.36. The minimum absolute atomic E-state index is 0.0607. The molecule has 2 N–H and O–H groups in total. The molecule has 6 heteroatoms. The van der Waals surface area contributed by atoms with Gasteiger partial charge in [-0.1, -0.05) is 0 Å². The molecule has 1 aliphatic rings. The highest BCUT2D eigenvalue weighted by atomic mass is 35.5. The van der Waals surface area contributed by atoms with Crippen molar-refractivity contribution in [3.8, 4) is 0 Å². The van der Waals surface area contributed by atoms with Crippen molar-refractivity contribution < 1.29 is 9.53 Å². The Labute approximate surface area is 103 Å². The summed E-state index contributed by atoms with van der Waals surface area (Å²) in [6.07, 6.45) is 2.13. The molecule has 0 aromatic carbocycles. The van der Waals surface area contributed by atoms with E-state index in [-0.39, 0.29) is 29.5 Å². The normalized spacial score (nSPS) is 23.6. The van der Waals surface area contributed by atoms with Gasteiger partial charge in [-0.3, -0.25) is 9.59 Å². The monoisotopic (exact) mass is 256 g/mol. The maximum Gasteiger partial charge on any atom is 0.247 e. The lowest BCUT2D eigenvalue weighted by Gasteiger charge is -2.19. The Hall–Kier alpha value is -1.33. The van der Waals surface area contributed by atoms with Crippen LogP contribution in [0.3, 0.4) is 0 Å². The molecule has 1 fully saturated rings. The number of H-pyrrole nitrogens is 1. The fourth-order valence-electron chi connectivity index (χ4n) is 1.91. The van der Waals surface area contributed by atoms with Crippen LogP contribution in [-0.2, 0) is 9.53 Å². The van der Waals surface area contributed by atoms with E-state index >= 15 is 0 Å². The molecule has 2 rings (SSSR count). The minimum Gasteiger partial charge on any atom is -0.371 e. The molecule has 1 saturated heterocycles. The number of carbonyl (C=O) groups is 1. The highest BCUT2D eigenvalue weighted by Crippen LogP contribution is 2.28. The summed E-state index contributed by atoms with van der Waals surface area (Å²) < 4.78 is 5.56. The van der Waals surface area contributed by atoms with Crippen LogP contribution in [-0.4, -0.2) is 29.4 Å². The summed E-state index contributed by atoms with van der Waals surface area (Å²) in [4.78, 5) is 24.8. The second kappa shape index (κ2) is 5.33. The lowest BCUT2D eigenvalue weighted by Crippen LogP contribution is -2.37. The summed E-state index contributed by atoms with van der Waals surface area (Å²) in [5.74, 6) is -0.272. The van der Waals surface area contributed by atoms with Gasteiger partial charge < -0.3 is 15.0 Å². The first-order valence-corrected chi connectivity index (χ1v) is 5.89. The highest BCUT2D eigenvalue weighted by molar-refractivity contribution is 6.27. The van der Waals surface area contributed by atoms with Gasteiger partial charge in [0.1, 0.15) is 12.0 Å². The van der Waals surface area contributed by atoms with Crippen LogP contribution >= 0.6 is 11.6 Å². The second-order valence-corrected chi connectivity index (χ2v) is 4.14. The Bertz CT molecular complexity index is 440. The number of amides is 1. The Kier molecular flexibility index (Phi) is 3.81. The molecule has 0 bridgehead atoms. The maximum atomic E-state index is 11.2. The van der Waals surface area contributed by atoms with Gasteiger partial charge >= 0.3 is 0 Å². The number of aromatic nitrogens is 1. The van der Waals surface area contributed by atoms with Crippen molar-refractivity contribution in [1.29, 1.82) is 0 Å². The van der Waals surface area contributed by atoms with Gasteiger partial charge in [-0.2, -0.15) is 0 Å². The van der Waals surface area contributed by atoms with Crippen molar-refractivity contribution in [1.82, 2.24) is 10.3 Å². The number of alkyl halides is 1. The lowest BCUT2D eigenvalue weighted by atomic mass is 10.0. The van der Waals surface area contributed by atoms with Gasteiger partial charge in [0.25, 0.3) is 0 Å². The molecule has 1 aromatic heterocycles. The van der Waals surface area contributed by atoms with Crippen LogP contribution in [0.5, 0.6) is 0 Å². The van der Waals surface area contributed by atoms with Gasteiger partial charge in [0.2, 0.25) is 11.5 Å². The lowest BCUT2D eigenvalue weighted by molar-refractivity contribution is -0.119. The quantitative estimate of drug-likeness (QED) is 0.777. The molecule has 5 nitrogen and oxygen atoms in total. The summed E-state index contributed by atoms with van der Waals surface area (Å²) in [6.45, 7) is 0.580. The van der Waals surface area contributed by atoms with Crippen LogP contribution in [0.2, 0.25) is 0 Å². The average Bonchev–Trinajstić information content (AvgIpc) is 2.78. The molecule has 0 spiro atoms. The van der Waals surface area contributed by atoms with E-state index in [1.54, 1.807) is 12.3 Å². The SMILES string of the molecule is O=C(CCl)N[C@@H]1CCO[C@H]1c1ccc(=O)[nH]c1. The van der Waals surface area contributed by atoms with E-state index in [2.05, 4.69) is 10.3 Å². The molecule has 0 radical (unpaired) electrons. The molecular formula is C11H13ClN2O3. The molecular weight excluding hydrogens is 244 g/mol. The number of carbonyl (C=O) groups excluding carboxylic acids is 1. The van der Waals surface area contributed by atoms with E-state index in [4.69, 9.17) is 16.3 Å². The van der Waals surface area contributed by atoms with Crippen molar-refractivity contribution >= 4 is 17.5 Å². The summed E-state index contributed by atoms with van der Waals surface area (Å²) >= 11 is 5.44. The molecule has 2 atom stereocenters. The van der Waals surface area contributed by atoms with Crippen molar-refractivity contribution in [2.75, 3.05) is 12.5 Å². The molecule has 1 aliphatic heterocycles. The van der Waals surface area contributed by atoms with Gasteiger partial charge in [0, 0.05) is 18.9 Å². The summed E-state index contributed by atoms with van der Waals surface area (Å²) in [5.41, 5.74) is 0.690. The number of hydrogen-bond acceptors (Lipinski definition) is 3. The molecule has 0 saturated carbocycles. The Balaban J connectivity index is 2.11. The first-order chi connectivity index (χ1) is 8.20. The fourth-order valence-corrected chi connectivity index (χ4v) is 1.99. The summed E-state index contributed by atoms with van der Waals surface area (Å²) in [5, 5.41) is 2.80. The van der Waals surface area contributed by atoms with Crippen LogP contribution < -0.4 is 10.9 Å². The van der Waals surface area contributed by atoms with Gasteiger partial charge in [-0.25, -0.2) is 0 Å². The Morgan fingerprint density at radius 1 is 1.59 bits per heavy atom. The van der Waals surface area contributed by atoms with Gasteiger partial charge in [0.05, 0.1) is 6.04 Å². The van der Waals surface area contributed by atoms with Crippen molar-refractivity contribution in [2.24, 2.45) is 0 Å². The minimum atomic E-state index is -0.223. The van der Waals surface area contributed by atoms with Crippen LogP contribution in [0.1, 0.15) is 18.1 Å². The van der Waals surface area contributed by atoms with Crippen LogP contribution in [0.25, 0.3) is 0 Å². The molecule has 0 aliphatic carbocycles. The Morgan fingerprint density at radius 2 is 2.41 bits per heavy atom. The molecule has 2 heterocycles. The molecule has 1 amide bonds. The van der Waals surface area contributed by atoms with E-state index in [0.29, 0.717) is 6.61 Å². The van der Waals surface area contributed by atoms with Crippen molar-refractivity contribution in [3.05, 3.63) is 34.2 Å². The molecule has 17 heavy (non-hydrogen) atoms. The number of pyridine rings is 1. The smallest absolute Gasteiger partial charge is 0.247 e. The molecule has 1 aromatic rings. The van der Waals surface area contributed by atoms with E-state index in [1.807, 2.05) is 0 Å². The number of halogens is 1. The third kappa shape index (κ3) is 2.87. The zero-order chi connectivity index (χ0) is 12.3. The molecule has 92 valence electrons. The number of hydrogen-bond donors (Lipinski definition) is 2. The number of nitrogens with one attached hydrogen (secondary N) is 2. The zero-order valence-electron chi connectivity index (χ0n) is 9.11. The second-order valence-electron chi connectivity index (χ2n) is 3.87. The maximum absolute atomic E-state index is 11.2. The predicted molar refractivity (Wildman–Crippen MR) is 63.0 cm³/mol. The fraction of sp³-hybridized carbons (Fsp3) is 0.455. The van der Waals surface area contributed by atoms with E-state index < -0.39 is 0 Å². The van der Waals surface area contributed by atoms with Crippen LogP contribution in [0.15, 0.2) is 23.1 Å². The first kappa shape index (κ1) is 12.1. The highest BCUT2D eigenvalue weighted by Gasteiger charge is 2.30. The van der Waals surface area contributed by atoms with E-state index in [0.717, 1.165) is 12.0 Å². The van der Waals surface area contributed by atoms with Gasteiger partial charge in [-0.15, -0.1) is 11.6 Å². The van der Waals surface area contributed by atoms with Gasteiger partial charge in [0.15, 0.2) is 0 Å². The van der Waals surface area contributed by atoms with Crippen LogP contribution in [0.4, 0.5) is 0 Å². The largest absolute Gasteiger partial charge is 0.371 e. The summed E-state index contributed by atoms with van der Waals surface area (Å²) in [7, 11) is 0. The number of aromatic amines is 1. The standard InChI is InChI=1S/C11H13ClN2O3/c12-5-10(16)14-8-3-4-17-11(8)7-1-2-9(15)13-6-7/h1-2,6,8,11H,3-5H2,(H,13,15)(H,14,16)/t8-,11+/m1/s1. The van der Waals surface area contributed by atoms with Gasteiger partial charge in [-0.05, 0) is 18.1 Å². The molecule has 0 unspecified atom stereocenters. The topological polar surface area (TPSA) is 71.2 Å².